The van der Waals surface area contributed by atoms with Gasteiger partial charge in [-0.15, -0.1) is 0 Å². The molecule has 1 saturated heterocycles. The monoisotopic (exact) mass is 396 g/mol. The molecule has 2 aromatic rings. The topological polar surface area (TPSA) is 79.2 Å². The number of alkyl halides is 1. The van der Waals surface area contributed by atoms with Crippen LogP contribution in [0.1, 0.15) is 29.7 Å². The molecule has 0 bridgehead atoms. The van der Waals surface area contributed by atoms with Gasteiger partial charge in [-0.2, -0.15) is 0 Å². The average Bonchev–Trinajstić information content (AvgIpc) is 2.66. The van der Waals surface area contributed by atoms with Crippen molar-refractivity contribution in [2.75, 3.05) is 6.61 Å². The second-order valence-electron chi connectivity index (χ2n) is 6.48. The molecule has 1 unspecified atom stereocenters. The van der Waals surface area contributed by atoms with Crippen LogP contribution in [-0.4, -0.2) is 46.6 Å². The highest BCUT2D eigenvalue weighted by Crippen LogP contribution is 2.34. The number of hydrogen-bond donors (Lipinski definition) is 3. The van der Waals surface area contributed by atoms with Crippen LogP contribution in [0.25, 0.3) is 0 Å². The molecular weight excluding hydrogens is 375 g/mol. The molecule has 3 rings (SSSR count). The molecule has 2 aromatic carbocycles. The number of aliphatic hydroxyl groups is 3. The standard InChI is InChI=1S/C20H22ClFO5/c1-2-26-14-6-3-11(4-7-14)9-13-10-12(5-8-15(13)21)19-18(24)17(23)16(22)20(25)27-19/h3-8,10,16-20,23-25H,2,9H2,1H3/t16?,17-,18+,19-,20-/m0/s1. The second-order valence-corrected chi connectivity index (χ2v) is 6.88. The Hall–Kier alpha value is -1.70. The smallest absolute Gasteiger partial charge is 0.189 e. The van der Waals surface area contributed by atoms with Crippen LogP contribution in [0.2, 0.25) is 5.02 Å². The van der Waals surface area contributed by atoms with Crippen molar-refractivity contribution in [3.8, 4) is 5.75 Å². The molecule has 1 aliphatic heterocycles. The van der Waals surface area contributed by atoms with Crippen molar-refractivity contribution in [2.24, 2.45) is 0 Å². The molecule has 0 amide bonds. The van der Waals surface area contributed by atoms with Gasteiger partial charge in [0.05, 0.1) is 6.61 Å². The van der Waals surface area contributed by atoms with Crippen LogP contribution >= 0.6 is 11.6 Å². The van der Waals surface area contributed by atoms with E-state index in [4.69, 9.17) is 21.1 Å². The summed E-state index contributed by atoms with van der Waals surface area (Å²) in [6.45, 7) is 2.51. The van der Waals surface area contributed by atoms with Gasteiger partial charge in [-0.05, 0) is 48.2 Å². The van der Waals surface area contributed by atoms with Gasteiger partial charge < -0.3 is 24.8 Å². The Morgan fingerprint density at radius 1 is 1.07 bits per heavy atom. The molecule has 27 heavy (non-hydrogen) atoms. The molecule has 1 heterocycles. The van der Waals surface area contributed by atoms with Gasteiger partial charge in [-0.25, -0.2) is 4.39 Å². The van der Waals surface area contributed by atoms with Crippen LogP contribution in [0.4, 0.5) is 4.39 Å². The molecule has 0 saturated carbocycles. The van der Waals surface area contributed by atoms with Gasteiger partial charge in [0.15, 0.2) is 12.5 Å². The summed E-state index contributed by atoms with van der Waals surface area (Å²) in [5, 5.41) is 30.1. The molecule has 1 fully saturated rings. The van der Waals surface area contributed by atoms with Gasteiger partial charge in [-0.3, -0.25) is 0 Å². The molecule has 5 nitrogen and oxygen atoms in total. The Kier molecular flexibility index (Phi) is 6.34. The largest absolute Gasteiger partial charge is 0.494 e. The highest BCUT2D eigenvalue weighted by Gasteiger charge is 2.44. The normalized spacial score (nSPS) is 28.1. The number of halogens is 2. The van der Waals surface area contributed by atoms with E-state index in [1.165, 1.54) is 0 Å². The Morgan fingerprint density at radius 2 is 1.78 bits per heavy atom. The van der Waals surface area contributed by atoms with Crippen LogP contribution in [-0.2, 0) is 11.2 Å². The molecule has 0 radical (unpaired) electrons. The van der Waals surface area contributed by atoms with Crippen LogP contribution in [0.5, 0.6) is 5.75 Å². The van der Waals surface area contributed by atoms with E-state index in [-0.39, 0.29) is 0 Å². The fraction of sp³-hybridized carbons (Fsp3) is 0.400. The number of aliphatic hydroxyl groups excluding tert-OH is 3. The maximum Gasteiger partial charge on any atom is 0.189 e. The molecule has 5 atom stereocenters. The van der Waals surface area contributed by atoms with Crippen molar-refractivity contribution in [1.82, 2.24) is 0 Å². The number of hydrogen-bond acceptors (Lipinski definition) is 5. The minimum Gasteiger partial charge on any atom is -0.494 e. The van der Waals surface area contributed by atoms with Gasteiger partial charge in [-0.1, -0.05) is 35.9 Å². The van der Waals surface area contributed by atoms with Crippen molar-refractivity contribution in [1.29, 1.82) is 0 Å². The fourth-order valence-corrected chi connectivity index (χ4v) is 3.30. The third-order valence-electron chi connectivity index (χ3n) is 4.57. The van der Waals surface area contributed by atoms with Crippen LogP contribution in [0, 0.1) is 0 Å². The van der Waals surface area contributed by atoms with E-state index in [2.05, 4.69) is 0 Å². The number of ether oxygens (including phenoxy) is 2. The first-order chi connectivity index (χ1) is 12.9. The first-order valence-electron chi connectivity index (χ1n) is 8.74. The van der Waals surface area contributed by atoms with Crippen molar-refractivity contribution in [3.63, 3.8) is 0 Å². The maximum atomic E-state index is 13.6. The predicted octanol–water partition coefficient (Wildman–Crippen LogP) is 2.78. The molecule has 0 spiro atoms. The molecule has 1 aliphatic rings. The van der Waals surface area contributed by atoms with Crippen LogP contribution < -0.4 is 4.74 Å². The summed E-state index contributed by atoms with van der Waals surface area (Å²) in [4.78, 5) is 0. The van der Waals surface area contributed by atoms with Gasteiger partial charge in [0, 0.05) is 5.02 Å². The van der Waals surface area contributed by atoms with Gasteiger partial charge >= 0.3 is 0 Å². The van der Waals surface area contributed by atoms with Gasteiger partial charge in [0.1, 0.15) is 24.1 Å². The van der Waals surface area contributed by atoms with Crippen LogP contribution in [0.3, 0.4) is 0 Å². The zero-order valence-electron chi connectivity index (χ0n) is 14.8. The first-order valence-corrected chi connectivity index (χ1v) is 9.12. The number of benzene rings is 2. The Balaban J connectivity index is 1.82. The van der Waals surface area contributed by atoms with E-state index in [0.717, 1.165) is 16.9 Å². The molecule has 0 aromatic heterocycles. The molecular formula is C20H22ClFO5. The minimum absolute atomic E-state index is 0.498. The van der Waals surface area contributed by atoms with Crippen LogP contribution in [0.15, 0.2) is 42.5 Å². The van der Waals surface area contributed by atoms with Crippen molar-refractivity contribution in [3.05, 3.63) is 64.2 Å². The molecule has 0 aliphatic carbocycles. The Morgan fingerprint density at radius 3 is 2.44 bits per heavy atom. The van der Waals surface area contributed by atoms with E-state index in [9.17, 15) is 19.7 Å². The summed E-state index contributed by atoms with van der Waals surface area (Å²) >= 11 is 6.30. The first kappa shape index (κ1) is 20.0. The van der Waals surface area contributed by atoms with E-state index < -0.39 is 30.8 Å². The maximum absolute atomic E-state index is 13.6. The Bertz CT molecular complexity index is 769. The summed E-state index contributed by atoms with van der Waals surface area (Å²) in [6.07, 6.45) is -7.63. The lowest BCUT2D eigenvalue weighted by Crippen LogP contribution is -2.52. The number of rotatable bonds is 5. The van der Waals surface area contributed by atoms with Crippen molar-refractivity contribution >= 4 is 11.6 Å². The highest BCUT2D eigenvalue weighted by molar-refractivity contribution is 6.31. The lowest BCUT2D eigenvalue weighted by Gasteiger charge is -2.37. The lowest BCUT2D eigenvalue weighted by molar-refractivity contribution is -0.268. The summed E-state index contributed by atoms with van der Waals surface area (Å²) in [7, 11) is 0. The SMILES string of the molecule is CCOc1ccc(Cc2cc([C@@H]3O[C@H](O)C(F)[C@H](O)[C@H]3O)ccc2Cl)cc1. The zero-order valence-corrected chi connectivity index (χ0v) is 15.5. The van der Waals surface area contributed by atoms with Gasteiger partial charge in [0.25, 0.3) is 0 Å². The van der Waals surface area contributed by atoms with E-state index in [0.29, 0.717) is 23.6 Å². The zero-order chi connectivity index (χ0) is 19.6. The minimum atomic E-state index is -2.06. The molecule has 146 valence electrons. The third kappa shape index (κ3) is 4.42. The fourth-order valence-electron chi connectivity index (χ4n) is 3.11. The van der Waals surface area contributed by atoms with Gasteiger partial charge in [0.2, 0.25) is 0 Å². The third-order valence-corrected chi connectivity index (χ3v) is 4.94. The van der Waals surface area contributed by atoms with Crippen molar-refractivity contribution < 1.29 is 29.2 Å². The summed E-state index contributed by atoms with van der Waals surface area (Å²) < 4.78 is 24.2. The van der Waals surface area contributed by atoms with Crippen molar-refractivity contribution in [2.45, 2.75) is 44.1 Å². The molecule has 7 heteroatoms. The Labute approximate surface area is 161 Å². The average molecular weight is 397 g/mol. The summed E-state index contributed by atoms with van der Waals surface area (Å²) in [5.41, 5.74) is 2.28. The lowest BCUT2D eigenvalue weighted by atomic mass is 9.92. The summed E-state index contributed by atoms with van der Waals surface area (Å²) in [6, 6.07) is 12.6. The highest BCUT2D eigenvalue weighted by atomic mass is 35.5. The quantitative estimate of drug-likeness (QED) is 0.724. The molecule has 3 N–H and O–H groups in total. The van der Waals surface area contributed by atoms with E-state index in [1.54, 1.807) is 18.2 Å². The predicted molar refractivity (Wildman–Crippen MR) is 98.6 cm³/mol. The van der Waals surface area contributed by atoms with E-state index in [1.807, 2.05) is 31.2 Å². The second kappa shape index (κ2) is 8.54. The van der Waals surface area contributed by atoms with E-state index >= 15 is 0 Å². The summed E-state index contributed by atoms with van der Waals surface area (Å²) in [5.74, 6) is 0.781.